The van der Waals surface area contributed by atoms with E-state index in [0.717, 1.165) is 6.54 Å². The van der Waals surface area contributed by atoms with Crippen LogP contribution in [0.5, 0.6) is 5.75 Å². The molecule has 20 heavy (non-hydrogen) atoms. The molecule has 2 rings (SSSR count). The molecule has 110 valence electrons. The van der Waals surface area contributed by atoms with Gasteiger partial charge in [0.15, 0.2) is 0 Å². The topological polar surface area (TPSA) is 67.6 Å². The van der Waals surface area contributed by atoms with Crippen molar-refractivity contribution in [3.05, 3.63) is 18.2 Å². The number of hydrogen-bond donors (Lipinski definition) is 2. The molecule has 5 nitrogen and oxygen atoms in total. The van der Waals surface area contributed by atoms with E-state index in [1.165, 1.54) is 12.8 Å². The first-order chi connectivity index (χ1) is 9.56. The first-order valence-electron chi connectivity index (χ1n) is 7.07. The van der Waals surface area contributed by atoms with Crippen LogP contribution in [0.1, 0.15) is 26.7 Å². The Morgan fingerprint density at radius 2 is 2.25 bits per heavy atom. The van der Waals surface area contributed by atoms with E-state index in [1.807, 2.05) is 6.92 Å². The van der Waals surface area contributed by atoms with Gasteiger partial charge in [-0.15, -0.1) is 0 Å². The molecular weight excluding hydrogens is 254 g/mol. The highest BCUT2D eigenvalue weighted by atomic mass is 16.5. The zero-order valence-corrected chi connectivity index (χ0v) is 12.3. The summed E-state index contributed by atoms with van der Waals surface area (Å²) in [6, 6.07) is 5.63. The number of nitrogens with zero attached hydrogens (tertiary/aromatic N) is 1. The Hall–Kier alpha value is -1.75. The van der Waals surface area contributed by atoms with Gasteiger partial charge in [0.1, 0.15) is 5.75 Å². The van der Waals surface area contributed by atoms with Gasteiger partial charge in [-0.05, 0) is 44.5 Å². The Morgan fingerprint density at radius 3 is 2.80 bits per heavy atom. The molecule has 1 amide bonds. The van der Waals surface area contributed by atoms with Crippen LogP contribution >= 0.6 is 0 Å². The smallest absolute Gasteiger partial charge is 0.241 e. The molecule has 5 heteroatoms. The Labute approximate surface area is 120 Å². The molecule has 0 spiro atoms. The summed E-state index contributed by atoms with van der Waals surface area (Å²) in [6.45, 7) is 4.91. The van der Waals surface area contributed by atoms with Crippen molar-refractivity contribution in [3.8, 4) is 5.75 Å². The summed E-state index contributed by atoms with van der Waals surface area (Å²) in [4.78, 5) is 14.6. The minimum Gasteiger partial charge on any atom is -0.495 e. The molecular formula is C15H23N3O2. The Bertz CT molecular complexity index is 486. The normalized spacial score (nSPS) is 16.0. The van der Waals surface area contributed by atoms with Crippen molar-refractivity contribution < 1.29 is 9.53 Å². The van der Waals surface area contributed by atoms with E-state index in [0.29, 0.717) is 23.2 Å². The molecule has 1 aromatic rings. The van der Waals surface area contributed by atoms with Gasteiger partial charge < -0.3 is 15.8 Å². The SMILES string of the molecule is CCN(C1CC1)C(C)C(=O)Nc1cc(N)ccc1OC. The van der Waals surface area contributed by atoms with Gasteiger partial charge in [-0.3, -0.25) is 9.69 Å². The lowest BCUT2D eigenvalue weighted by molar-refractivity contribution is -0.120. The number of hydrogen-bond acceptors (Lipinski definition) is 4. The minimum atomic E-state index is -0.154. The Balaban J connectivity index is 2.08. The van der Waals surface area contributed by atoms with E-state index in [1.54, 1.807) is 25.3 Å². The van der Waals surface area contributed by atoms with Gasteiger partial charge in [-0.2, -0.15) is 0 Å². The Kier molecular flexibility index (Phi) is 4.49. The van der Waals surface area contributed by atoms with Crippen LogP contribution < -0.4 is 15.8 Å². The number of nitrogens with two attached hydrogens (primary N) is 1. The van der Waals surface area contributed by atoms with Crippen LogP contribution in [0.25, 0.3) is 0 Å². The highest BCUT2D eigenvalue weighted by molar-refractivity contribution is 5.96. The molecule has 1 aliphatic carbocycles. The van der Waals surface area contributed by atoms with E-state index in [9.17, 15) is 4.79 Å². The van der Waals surface area contributed by atoms with Crippen molar-refractivity contribution in [3.63, 3.8) is 0 Å². The second-order valence-electron chi connectivity index (χ2n) is 5.19. The number of ether oxygens (including phenoxy) is 1. The molecule has 0 saturated heterocycles. The molecule has 0 aromatic heterocycles. The van der Waals surface area contributed by atoms with Crippen LogP contribution in [0.4, 0.5) is 11.4 Å². The minimum absolute atomic E-state index is 0.0253. The van der Waals surface area contributed by atoms with Crippen molar-refractivity contribution in [2.45, 2.75) is 38.8 Å². The highest BCUT2D eigenvalue weighted by Gasteiger charge is 2.33. The fourth-order valence-corrected chi connectivity index (χ4v) is 2.47. The maximum Gasteiger partial charge on any atom is 0.241 e. The molecule has 0 aliphatic heterocycles. The number of nitrogens with one attached hydrogen (secondary N) is 1. The highest BCUT2D eigenvalue weighted by Crippen LogP contribution is 2.30. The third-order valence-electron chi connectivity index (χ3n) is 3.74. The van der Waals surface area contributed by atoms with Crippen LogP contribution in [-0.2, 0) is 4.79 Å². The average molecular weight is 277 g/mol. The summed E-state index contributed by atoms with van der Waals surface area (Å²) in [6.07, 6.45) is 2.38. The van der Waals surface area contributed by atoms with Gasteiger partial charge in [-0.25, -0.2) is 0 Å². The van der Waals surface area contributed by atoms with Crippen LogP contribution in [0.15, 0.2) is 18.2 Å². The second kappa shape index (κ2) is 6.13. The van der Waals surface area contributed by atoms with Crippen molar-refractivity contribution in [1.29, 1.82) is 0 Å². The first-order valence-corrected chi connectivity index (χ1v) is 7.07. The first kappa shape index (κ1) is 14.7. The molecule has 1 aliphatic rings. The predicted octanol–water partition coefficient (Wildman–Crippen LogP) is 2.09. The van der Waals surface area contributed by atoms with Gasteiger partial charge in [0.05, 0.1) is 18.8 Å². The van der Waals surface area contributed by atoms with E-state index >= 15 is 0 Å². The van der Waals surface area contributed by atoms with Gasteiger partial charge in [0.25, 0.3) is 0 Å². The fraction of sp³-hybridized carbons (Fsp3) is 0.533. The van der Waals surface area contributed by atoms with Crippen molar-refractivity contribution in [1.82, 2.24) is 4.90 Å². The number of rotatable bonds is 6. The maximum atomic E-state index is 12.4. The quantitative estimate of drug-likeness (QED) is 0.781. The molecule has 0 heterocycles. The largest absolute Gasteiger partial charge is 0.495 e. The summed E-state index contributed by atoms with van der Waals surface area (Å²) in [5.74, 6) is 0.594. The van der Waals surface area contributed by atoms with E-state index in [2.05, 4.69) is 17.1 Å². The molecule has 1 unspecified atom stereocenters. The Morgan fingerprint density at radius 1 is 1.55 bits per heavy atom. The van der Waals surface area contributed by atoms with Gasteiger partial charge in [0.2, 0.25) is 5.91 Å². The molecule has 3 N–H and O–H groups in total. The summed E-state index contributed by atoms with van der Waals surface area (Å²) < 4.78 is 5.24. The number of likely N-dealkylation sites (N-methyl/N-ethyl adjacent to an activating group) is 1. The van der Waals surface area contributed by atoms with Crippen LogP contribution in [0.2, 0.25) is 0 Å². The number of carbonyl (C=O) groups excluding carboxylic acids is 1. The van der Waals surface area contributed by atoms with Gasteiger partial charge in [0, 0.05) is 11.7 Å². The van der Waals surface area contributed by atoms with Crippen molar-refractivity contribution in [2.24, 2.45) is 0 Å². The van der Waals surface area contributed by atoms with E-state index in [-0.39, 0.29) is 11.9 Å². The number of anilines is 2. The predicted molar refractivity (Wildman–Crippen MR) is 80.9 cm³/mol. The number of benzene rings is 1. The molecule has 1 aromatic carbocycles. The maximum absolute atomic E-state index is 12.4. The number of nitrogen functional groups attached to an aromatic ring is 1. The summed E-state index contributed by atoms with van der Waals surface area (Å²) in [7, 11) is 1.58. The standard InChI is InChI=1S/C15H23N3O2/c1-4-18(12-6-7-12)10(2)15(19)17-13-9-11(16)5-8-14(13)20-3/h5,8-10,12H,4,6-7,16H2,1-3H3,(H,17,19). The van der Waals surface area contributed by atoms with E-state index < -0.39 is 0 Å². The zero-order valence-electron chi connectivity index (χ0n) is 12.3. The number of amides is 1. The molecule has 1 saturated carbocycles. The lowest BCUT2D eigenvalue weighted by Crippen LogP contribution is -2.43. The van der Waals surface area contributed by atoms with Gasteiger partial charge in [-0.1, -0.05) is 6.92 Å². The lowest BCUT2D eigenvalue weighted by atomic mass is 10.2. The number of carbonyl (C=O) groups is 1. The monoisotopic (exact) mass is 277 g/mol. The second-order valence-corrected chi connectivity index (χ2v) is 5.19. The third-order valence-corrected chi connectivity index (χ3v) is 3.74. The van der Waals surface area contributed by atoms with Crippen LogP contribution in [0.3, 0.4) is 0 Å². The van der Waals surface area contributed by atoms with Crippen LogP contribution in [0, 0.1) is 0 Å². The average Bonchev–Trinajstić information content (AvgIpc) is 3.24. The summed E-state index contributed by atoms with van der Waals surface area (Å²) in [5.41, 5.74) is 6.98. The van der Waals surface area contributed by atoms with Crippen molar-refractivity contribution >= 4 is 17.3 Å². The molecule has 0 radical (unpaired) electrons. The molecule has 1 atom stereocenters. The fourth-order valence-electron chi connectivity index (χ4n) is 2.47. The summed E-state index contributed by atoms with van der Waals surface area (Å²) in [5, 5.41) is 2.91. The third kappa shape index (κ3) is 3.22. The van der Waals surface area contributed by atoms with Gasteiger partial charge >= 0.3 is 0 Å². The van der Waals surface area contributed by atoms with Crippen molar-refractivity contribution in [2.75, 3.05) is 24.7 Å². The summed E-state index contributed by atoms with van der Waals surface area (Å²) >= 11 is 0. The zero-order chi connectivity index (χ0) is 14.7. The molecule has 1 fully saturated rings. The lowest BCUT2D eigenvalue weighted by Gasteiger charge is -2.27. The van der Waals surface area contributed by atoms with Crippen LogP contribution in [-0.4, -0.2) is 36.5 Å². The number of methoxy groups -OCH3 is 1. The molecule has 0 bridgehead atoms. The van der Waals surface area contributed by atoms with E-state index in [4.69, 9.17) is 10.5 Å².